The minimum atomic E-state index is -1.96. The maximum Gasteiger partial charge on any atom is 0.276 e. The summed E-state index contributed by atoms with van der Waals surface area (Å²) in [4.78, 5) is 17.0. The van der Waals surface area contributed by atoms with E-state index < -0.39 is 13.9 Å². The first-order valence-corrected chi connectivity index (χ1v) is 8.78. The van der Waals surface area contributed by atoms with E-state index in [0.29, 0.717) is 0 Å². The fourth-order valence-corrected chi connectivity index (χ4v) is 2.97. The highest BCUT2D eigenvalue weighted by atomic mass is 28.4. The Morgan fingerprint density at radius 1 is 1.12 bits per heavy atom. The largest absolute Gasteiger partial charge is 0.403 e. The van der Waals surface area contributed by atoms with Crippen molar-refractivity contribution in [2.75, 3.05) is 14.2 Å². The van der Waals surface area contributed by atoms with Crippen LogP contribution in [0.4, 0.5) is 0 Å². The Kier molecular flexibility index (Phi) is 4.96. The molecule has 0 heterocycles. The van der Waals surface area contributed by atoms with Gasteiger partial charge in [-0.05, 0) is 32.0 Å². The van der Waals surface area contributed by atoms with Gasteiger partial charge in [-0.1, -0.05) is 20.8 Å². The molecule has 0 fully saturated rings. The van der Waals surface area contributed by atoms with Crippen LogP contribution < -0.4 is 0 Å². The third kappa shape index (κ3) is 4.08. The van der Waals surface area contributed by atoms with Crippen LogP contribution in [0.5, 0.6) is 0 Å². The van der Waals surface area contributed by atoms with Crippen LogP contribution in [0.1, 0.15) is 34.6 Å². The predicted octanol–water partition coefficient (Wildman–Crippen LogP) is 2.81. The zero-order valence-corrected chi connectivity index (χ0v) is 13.7. The Morgan fingerprint density at radius 3 is 1.82 bits per heavy atom. The lowest BCUT2D eigenvalue weighted by Crippen LogP contribution is -2.54. The molecule has 0 aliphatic carbocycles. The van der Waals surface area contributed by atoms with Crippen molar-refractivity contribution >= 4 is 14.2 Å². The van der Waals surface area contributed by atoms with E-state index in [9.17, 15) is 4.79 Å². The molecule has 1 amide bonds. The summed E-state index contributed by atoms with van der Waals surface area (Å²) in [7, 11) is 1.10. The molecule has 5 heteroatoms. The molecular formula is C12H27NO3Si. The average molecular weight is 261 g/mol. The molecule has 17 heavy (non-hydrogen) atoms. The van der Waals surface area contributed by atoms with E-state index in [0.717, 1.165) is 0 Å². The van der Waals surface area contributed by atoms with Crippen LogP contribution in [0, 0.1) is 0 Å². The Morgan fingerprint density at radius 2 is 1.53 bits per heavy atom. The van der Waals surface area contributed by atoms with Gasteiger partial charge in [0.05, 0.1) is 7.11 Å². The molecule has 102 valence electrons. The monoisotopic (exact) mass is 261 g/mol. The second-order valence-electron chi connectivity index (χ2n) is 6.36. The molecule has 0 spiro atoms. The highest BCUT2D eigenvalue weighted by Crippen LogP contribution is 2.39. The summed E-state index contributed by atoms with van der Waals surface area (Å²) in [5.74, 6) is -0.162. The molecule has 0 saturated carbocycles. The maximum absolute atomic E-state index is 12.1. The fraction of sp³-hybridized carbons (Fsp3) is 0.917. The lowest BCUT2D eigenvalue weighted by atomic mass is 10.1. The number of rotatable bonds is 4. The summed E-state index contributed by atoms with van der Waals surface area (Å²) >= 11 is 0. The summed E-state index contributed by atoms with van der Waals surface area (Å²) in [6.45, 7) is 14.3. The highest BCUT2D eigenvalue weighted by molar-refractivity contribution is 6.74. The zero-order chi connectivity index (χ0) is 14.1. The number of amides is 1. The number of hydrogen-bond acceptors (Lipinski definition) is 3. The number of nitrogens with zero attached hydrogens (tertiary/aromatic N) is 1. The number of carbonyl (C=O) groups excluding carboxylic acids is 1. The lowest BCUT2D eigenvalue weighted by molar-refractivity contribution is -0.184. The van der Waals surface area contributed by atoms with Crippen molar-refractivity contribution < 1.29 is 14.1 Å². The van der Waals surface area contributed by atoms with Crippen molar-refractivity contribution in [3.63, 3.8) is 0 Å². The first-order chi connectivity index (χ1) is 7.35. The van der Waals surface area contributed by atoms with Crippen LogP contribution >= 0.6 is 0 Å². The quantitative estimate of drug-likeness (QED) is 0.577. The van der Waals surface area contributed by atoms with Crippen molar-refractivity contribution in [2.24, 2.45) is 0 Å². The molecular weight excluding hydrogens is 234 g/mol. The van der Waals surface area contributed by atoms with Crippen LogP contribution in [-0.4, -0.2) is 39.0 Å². The van der Waals surface area contributed by atoms with Gasteiger partial charge in [0.1, 0.15) is 5.60 Å². The van der Waals surface area contributed by atoms with Crippen LogP contribution in [0.2, 0.25) is 18.1 Å². The molecule has 0 saturated heterocycles. The molecule has 0 radical (unpaired) electrons. The van der Waals surface area contributed by atoms with Crippen LogP contribution in [0.3, 0.4) is 0 Å². The SMILES string of the molecule is CON(C)C(=O)C(C)(C)O[Si](C)(C)C(C)(C)C. The average Bonchev–Trinajstić information content (AvgIpc) is 2.12. The van der Waals surface area contributed by atoms with Crippen LogP contribution in [-0.2, 0) is 14.1 Å². The van der Waals surface area contributed by atoms with Crippen LogP contribution in [0.25, 0.3) is 0 Å². The van der Waals surface area contributed by atoms with Gasteiger partial charge < -0.3 is 4.43 Å². The Labute approximate surface area is 106 Å². The van der Waals surface area contributed by atoms with Crippen molar-refractivity contribution in [1.29, 1.82) is 0 Å². The molecule has 0 atom stereocenters. The van der Waals surface area contributed by atoms with Gasteiger partial charge in [-0.3, -0.25) is 9.63 Å². The highest BCUT2D eigenvalue weighted by Gasteiger charge is 2.44. The van der Waals surface area contributed by atoms with Crippen LogP contribution in [0.15, 0.2) is 0 Å². The van der Waals surface area contributed by atoms with Gasteiger partial charge in [-0.15, -0.1) is 0 Å². The standard InChI is InChI=1S/C12H27NO3Si/c1-11(2,3)17(8,9)16-12(4,5)10(14)13(6)15-7/h1-9H3. The van der Waals surface area contributed by atoms with Gasteiger partial charge >= 0.3 is 0 Å². The Balaban J connectivity index is 4.94. The van der Waals surface area contributed by atoms with Crippen molar-refractivity contribution in [1.82, 2.24) is 5.06 Å². The van der Waals surface area contributed by atoms with Crippen molar-refractivity contribution in [3.05, 3.63) is 0 Å². The van der Waals surface area contributed by atoms with Gasteiger partial charge in [0.15, 0.2) is 8.32 Å². The lowest BCUT2D eigenvalue weighted by Gasteiger charge is -2.42. The summed E-state index contributed by atoms with van der Waals surface area (Å²) in [6, 6.07) is 0. The number of hydroxylamine groups is 2. The molecule has 0 aliphatic heterocycles. The first kappa shape index (κ1) is 16.6. The molecule has 0 bridgehead atoms. The van der Waals surface area contributed by atoms with Gasteiger partial charge in [0.25, 0.3) is 5.91 Å². The minimum absolute atomic E-state index is 0.0796. The molecule has 0 N–H and O–H groups in total. The molecule has 0 unspecified atom stereocenters. The van der Waals surface area contributed by atoms with E-state index in [1.807, 2.05) is 0 Å². The second kappa shape index (κ2) is 5.08. The number of hydrogen-bond donors (Lipinski definition) is 0. The zero-order valence-electron chi connectivity index (χ0n) is 12.7. The minimum Gasteiger partial charge on any atom is -0.403 e. The molecule has 0 aromatic rings. The third-order valence-corrected chi connectivity index (χ3v) is 8.02. The Bertz CT molecular complexity index is 282. The number of likely N-dealkylation sites (N-methyl/N-ethyl adjacent to an activating group) is 1. The van der Waals surface area contributed by atoms with Gasteiger partial charge in [0, 0.05) is 7.05 Å². The topological polar surface area (TPSA) is 38.8 Å². The summed E-state index contributed by atoms with van der Waals surface area (Å²) < 4.78 is 6.14. The first-order valence-electron chi connectivity index (χ1n) is 5.87. The molecule has 0 aromatic heterocycles. The van der Waals surface area contributed by atoms with E-state index in [-0.39, 0.29) is 10.9 Å². The van der Waals surface area contributed by atoms with Crippen molar-refractivity contribution in [2.45, 2.75) is 58.4 Å². The van der Waals surface area contributed by atoms with E-state index in [1.54, 1.807) is 20.9 Å². The van der Waals surface area contributed by atoms with Gasteiger partial charge in [0.2, 0.25) is 0 Å². The molecule has 0 rings (SSSR count). The third-order valence-electron chi connectivity index (χ3n) is 3.39. The van der Waals surface area contributed by atoms with E-state index >= 15 is 0 Å². The summed E-state index contributed by atoms with van der Waals surface area (Å²) in [6.07, 6.45) is 0. The second-order valence-corrected chi connectivity index (χ2v) is 11.1. The smallest absolute Gasteiger partial charge is 0.276 e. The van der Waals surface area contributed by atoms with E-state index in [2.05, 4.69) is 33.9 Å². The normalized spacial score (nSPS) is 13.7. The summed E-state index contributed by atoms with van der Waals surface area (Å²) in [5, 5.41) is 1.29. The number of carbonyl (C=O) groups is 1. The maximum atomic E-state index is 12.1. The molecule has 0 aliphatic rings. The summed E-state index contributed by atoms with van der Waals surface area (Å²) in [5.41, 5.74) is -0.853. The molecule has 4 nitrogen and oxygen atoms in total. The van der Waals surface area contributed by atoms with E-state index in [1.165, 1.54) is 12.2 Å². The molecule has 0 aromatic carbocycles. The Hall–Kier alpha value is -0.393. The van der Waals surface area contributed by atoms with Crippen molar-refractivity contribution in [3.8, 4) is 0 Å². The fourth-order valence-electron chi connectivity index (χ4n) is 1.30. The van der Waals surface area contributed by atoms with Gasteiger partial charge in [-0.25, -0.2) is 5.06 Å². The van der Waals surface area contributed by atoms with E-state index in [4.69, 9.17) is 9.26 Å². The predicted molar refractivity (Wildman–Crippen MR) is 72.1 cm³/mol. The van der Waals surface area contributed by atoms with Gasteiger partial charge in [-0.2, -0.15) is 0 Å².